The van der Waals surface area contributed by atoms with Gasteiger partial charge in [-0.2, -0.15) is 22.0 Å². The summed E-state index contributed by atoms with van der Waals surface area (Å²) in [7, 11) is 0. The van der Waals surface area contributed by atoms with E-state index in [0.717, 1.165) is 22.9 Å². The van der Waals surface area contributed by atoms with Gasteiger partial charge in [-0.05, 0) is 18.6 Å². The van der Waals surface area contributed by atoms with E-state index in [1.165, 1.54) is 17.1 Å². The molecule has 1 aliphatic rings. The third-order valence-corrected chi connectivity index (χ3v) is 7.30. The predicted octanol–water partition coefficient (Wildman–Crippen LogP) is 3.97. The third-order valence-electron chi connectivity index (χ3n) is 3.08. The highest BCUT2D eigenvalue weighted by Crippen LogP contribution is 2.43. The summed E-state index contributed by atoms with van der Waals surface area (Å²) in [5, 5.41) is 13.9. The smallest absolute Gasteiger partial charge is 0.268 e. The first-order valence-corrected chi connectivity index (χ1v) is 9.30. The molecule has 0 saturated carbocycles. The van der Waals surface area contributed by atoms with Crippen molar-refractivity contribution in [1.29, 1.82) is 5.26 Å². The van der Waals surface area contributed by atoms with Gasteiger partial charge in [0.2, 0.25) is 0 Å². The van der Waals surface area contributed by atoms with Crippen molar-refractivity contribution in [2.45, 2.75) is 23.8 Å². The van der Waals surface area contributed by atoms with E-state index in [9.17, 15) is 0 Å². The highest BCUT2D eigenvalue weighted by atomic mass is 32.2. The molecule has 2 atom stereocenters. The summed E-state index contributed by atoms with van der Waals surface area (Å²) in [6.45, 7) is 2.20. The summed E-state index contributed by atoms with van der Waals surface area (Å²) in [4.78, 5) is 6.06. The van der Waals surface area contributed by atoms with Gasteiger partial charge in [0.1, 0.15) is 10.9 Å². The fraction of sp³-hybridized carbons (Fsp3) is 0.462. The highest BCUT2D eigenvalue weighted by Gasteiger charge is 2.30. The zero-order valence-corrected chi connectivity index (χ0v) is 13.4. The van der Waals surface area contributed by atoms with Crippen LogP contribution in [-0.2, 0) is 0 Å². The van der Waals surface area contributed by atoms with Crippen LogP contribution in [0.1, 0.15) is 29.3 Å². The first kappa shape index (κ1) is 14.0. The van der Waals surface area contributed by atoms with Crippen LogP contribution >= 0.6 is 34.9 Å². The van der Waals surface area contributed by atoms with Gasteiger partial charge in [-0.15, -0.1) is 23.1 Å². The van der Waals surface area contributed by atoms with Crippen molar-refractivity contribution in [3.05, 3.63) is 22.8 Å². The molecule has 2 aromatic rings. The molecule has 0 spiro atoms. The number of hydrogen-bond acceptors (Lipinski definition) is 7. The van der Waals surface area contributed by atoms with Crippen molar-refractivity contribution in [3.63, 3.8) is 0 Å². The van der Waals surface area contributed by atoms with Crippen LogP contribution in [0, 0.1) is 11.3 Å². The second-order valence-corrected chi connectivity index (χ2v) is 8.02. The van der Waals surface area contributed by atoms with Gasteiger partial charge in [-0.3, -0.25) is 0 Å². The van der Waals surface area contributed by atoms with Crippen LogP contribution in [0.15, 0.2) is 16.7 Å². The van der Waals surface area contributed by atoms with Gasteiger partial charge in [0.25, 0.3) is 5.89 Å². The maximum Gasteiger partial charge on any atom is 0.268 e. The molecule has 0 bridgehead atoms. The van der Waals surface area contributed by atoms with Crippen LogP contribution in [0.5, 0.6) is 0 Å². The van der Waals surface area contributed by atoms with Crippen LogP contribution in [-0.4, -0.2) is 26.9 Å². The minimum atomic E-state index is 0.312. The summed E-state index contributed by atoms with van der Waals surface area (Å²) in [5.74, 6) is 3.64. The van der Waals surface area contributed by atoms with Gasteiger partial charge >= 0.3 is 0 Å². The van der Waals surface area contributed by atoms with Gasteiger partial charge in [-0.1, -0.05) is 12.1 Å². The minimum Gasteiger partial charge on any atom is -0.333 e. The van der Waals surface area contributed by atoms with E-state index < -0.39 is 0 Å². The van der Waals surface area contributed by atoms with Crippen molar-refractivity contribution in [2.75, 3.05) is 11.5 Å². The Kier molecular flexibility index (Phi) is 4.34. The molecule has 0 radical (unpaired) electrons. The van der Waals surface area contributed by atoms with E-state index in [1.807, 2.05) is 29.6 Å². The molecule has 1 saturated heterocycles. The molecule has 104 valence electrons. The zero-order valence-electron chi connectivity index (χ0n) is 10.9. The fourth-order valence-corrected chi connectivity index (χ4v) is 5.81. The van der Waals surface area contributed by atoms with Crippen molar-refractivity contribution >= 4 is 34.9 Å². The lowest BCUT2D eigenvalue weighted by molar-refractivity contribution is 0.422. The standard InChI is InChI=1S/C13H13N3OS3/c1-2-9-11(19-6-5-18-9)12-15-13(17-16-12)10-4-3-8(7-14)20-10/h3-4,9,11H,2,5-6H2,1H3. The Bertz CT molecular complexity index is 631. The van der Waals surface area contributed by atoms with Crippen LogP contribution < -0.4 is 0 Å². The monoisotopic (exact) mass is 323 g/mol. The number of nitriles is 1. The summed E-state index contributed by atoms with van der Waals surface area (Å²) in [6, 6.07) is 5.77. The Morgan fingerprint density at radius 3 is 3.00 bits per heavy atom. The summed E-state index contributed by atoms with van der Waals surface area (Å²) < 4.78 is 5.37. The van der Waals surface area contributed by atoms with Crippen LogP contribution in [0.2, 0.25) is 0 Å². The normalized spacial score (nSPS) is 22.6. The predicted molar refractivity (Wildman–Crippen MR) is 84.1 cm³/mol. The molecule has 1 fully saturated rings. The second-order valence-electron chi connectivity index (χ2n) is 4.34. The number of hydrogen-bond donors (Lipinski definition) is 0. The summed E-state index contributed by atoms with van der Waals surface area (Å²) in [6.07, 6.45) is 1.11. The quantitative estimate of drug-likeness (QED) is 0.851. The van der Waals surface area contributed by atoms with Gasteiger partial charge in [0.15, 0.2) is 5.82 Å². The molecule has 7 heteroatoms. The van der Waals surface area contributed by atoms with Crippen LogP contribution in [0.4, 0.5) is 0 Å². The summed E-state index contributed by atoms with van der Waals surface area (Å²) in [5.41, 5.74) is 0. The maximum atomic E-state index is 8.86. The largest absolute Gasteiger partial charge is 0.333 e. The molecule has 3 rings (SSSR count). The van der Waals surface area contributed by atoms with Crippen LogP contribution in [0.3, 0.4) is 0 Å². The first-order valence-electron chi connectivity index (χ1n) is 6.39. The average molecular weight is 323 g/mol. The number of thioether (sulfide) groups is 2. The van der Waals surface area contributed by atoms with Crippen LogP contribution in [0.25, 0.3) is 10.8 Å². The number of aromatic nitrogens is 2. The van der Waals surface area contributed by atoms with Gasteiger partial charge in [0, 0.05) is 16.8 Å². The van der Waals surface area contributed by atoms with E-state index in [-0.39, 0.29) is 0 Å². The molecule has 2 unspecified atom stereocenters. The molecule has 1 aliphatic heterocycles. The Morgan fingerprint density at radius 1 is 1.40 bits per heavy atom. The fourth-order valence-electron chi connectivity index (χ4n) is 2.11. The average Bonchev–Trinajstić information content (AvgIpc) is 3.15. The Morgan fingerprint density at radius 2 is 2.25 bits per heavy atom. The van der Waals surface area contributed by atoms with Gasteiger partial charge < -0.3 is 4.52 Å². The highest BCUT2D eigenvalue weighted by molar-refractivity contribution is 8.06. The molecule has 2 aromatic heterocycles. The lowest BCUT2D eigenvalue weighted by Crippen LogP contribution is -2.19. The molecule has 3 heterocycles. The SMILES string of the molecule is CCC1SCCSC1c1noc(-c2ccc(C#N)s2)n1. The first-order chi connectivity index (χ1) is 9.81. The van der Waals surface area contributed by atoms with Gasteiger partial charge in [-0.25, -0.2) is 0 Å². The maximum absolute atomic E-state index is 8.86. The van der Waals surface area contributed by atoms with Crippen molar-refractivity contribution in [1.82, 2.24) is 10.1 Å². The van der Waals surface area contributed by atoms with E-state index >= 15 is 0 Å². The van der Waals surface area contributed by atoms with E-state index in [2.05, 4.69) is 23.1 Å². The van der Waals surface area contributed by atoms with E-state index in [1.54, 1.807) is 6.07 Å². The Hall–Kier alpha value is -0.970. The molecule has 0 N–H and O–H groups in total. The zero-order chi connectivity index (χ0) is 13.9. The number of nitrogens with zero attached hydrogens (tertiary/aromatic N) is 3. The van der Waals surface area contributed by atoms with E-state index in [4.69, 9.17) is 9.78 Å². The lowest BCUT2D eigenvalue weighted by atomic mass is 10.2. The van der Waals surface area contributed by atoms with Crippen molar-refractivity contribution < 1.29 is 4.52 Å². The third kappa shape index (κ3) is 2.73. The lowest BCUT2D eigenvalue weighted by Gasteiger charge is -2.27. The Balaban J connectivity index is 1.84. The molecule has 0 aliphatic carbocycles. The topological polar surface area (TPSA) is 62.7 Å². The molecular formula is C13H13N3OS3. The molecule has 0 amide bonds. The van der Waals surface area contributed by atoms with Gasteiger partial charge in [0.05, 0.1) is 10.1 Å². The van der Waals surface area contributed by atoms with Crippen molar-refractivity contribution in [3.8, 4) is 16.8 Å². The number of thiophene rings is 1. The second kappa shape index (κ2) is 6.20. The summed E-state index contributed by atoms with van der Waals surface area (Å²) >= 11 is 5.29. The Labute approximate surface area is 130 Å². The minimum absolute atomic E-state index is 0.312. The molecule has 4 nitrogen and oxygen atoms in total. The van der Waals surface area contributed by atoms with E-state index in [0.29, 0.717) is 21.3 Å². The number of rotatable bonds is 3. The molecule has 20 heavy (non-hydrogen) atoms. The van der Waals surface area contributed by atoms with Crippen molar-refractivity contribution in [2.24, 2.45) is 0 Å². The molecule has 0 aromatic carbocycles. The molecular weight excluding hydrogens is 310 g/mol.